The Balaban J connectivity index is 1.83. The molecule has 0 spiro atoms. The summed E-state index contributed by atoms with van der Waals surface area (Å²) in [6.07, 6.45) is 4.66. The first-order valence-corrected chi connectivity index (χ1v) is 5.33. The van der Waals surface area contributed by atoms with Crippen molar-refractivity contribution in [1.29, 1.82) is 0 Å². The van der Waals surface area contributed by atoms with Crippen molar-refractivity contribution in [2.75, 3.05) is 18.9 Å². The third-order valence-corrected chi connectivity index (χ3v) is 2.18. The first-order valence-electron chi connectivity index (χ1n) is 5.33. The van der Waals surface area contributed by atoms with Gasteiger partial charge in [0.2, 0.25) is 6.39 Å². The first-order chi connectivity index (χ1) is 8.79. The molecule has 0 bridgehead atoms. The summed E-state index contributed by atoms with van der Waals surface area (Å²) in [6, 6.07) is 0. The minimum Gasteiger partial charge on any atom is -0.372 e. The molecular formula is C10H12N6O2. The van der Waals surface area contributed by atoms with Crippen LogP contribution in [0.25, 0.3) is 0 Å². The van der Waals surface area contributed by atoms with E-state index in [1.54, 1.807) is 7.05 Å². The van der Waals surface area contributed by atoms with E-state index in [-0.39, 0.29) is 11.6 Å². The van der Waals surface area contributed by atoms with Gasteiger partial charge in [-0.15, -0.1) is 0 Å². The lowest BCUT2D eigenvalue weighted by molar-refractivity contribution is 0.0948. The van der Waals surface area contributed by atoms with Crippen LogP contribution in [-0.2, 0) is 6.42 Å². The van der Waals surface area contributed by atoms with Crippen molar-refractivity contribution in [1.82, 2.24) is 25.4 Å². The fraction of sp³-hybridized carbons (Fsp3) is 0.300. The highest BCUT2D eigenvalue weighted by atomic mass is 16.5. The van der Waals surface area contributed by atoms with Gasteiger partial charge in [-0.05, 0) is 0 Å². The fourth-order valence-corrected chi connectivity index (χ4v) is 1.26. The Morgan fingerprint density at radius 3 is 2.83 bits per heavy atom. The molecule has 2 N–H and O–H groups in total. The van der Waals surface area contributed by atoms with Crippen molar-refractivity contribution in [2.24, 2.45) is 0 Å². The van der Waals surface area contributed by atoms with Crippen molar-refractivity contribution in [3.63, 3.8) is 0 Å². The van der Waals surface area contributed by atoms with Crippen LogP contribution in [0, 0.1) is 0 Å². The predicted molar refractivity (Wildman–Crippen MR) is 61.9 cm³/mol. The monoisotopic (exact) mass is 248 g/mol. The molecule has 2 rings (SSSR count). The van der Waals surface area contributed by atoms with Crippen molar-refractivity contribution in [2.45, 2.75) is 6.42 Å². The molecule has 0 unspecified atom stereocenters. The number of nitrogens with zero attached hydrogens (tertiary/aromatic N) is 4. The number of amides is 1. The van der Waals surface area contributed by atoms with Crippen molar-refractivity contribution in [3.05, 3.63) is 30.3 Å². The second-order valence-electron chi connectivity index (χ2n) is 3.39. The summed E-state index contributed by atoms with van der Waals surface area (Å²) in [5.74, 6) is 0.874. The SMILES string of the molecule is CNc1cnc(C(=O)NCCc2ncon2)cn1. The molecule has 0 radical (unpaired) electrons. The number of nitrogens with one attached hydrogen (secondary N) is 2. The number of hydrogen-bond donors (Lipinski definition) is 2. The highest BCUT2D eigenvalue weighted by Gasteiger charge is 2.07. The van der Waals surface area contributed by atoms with Crippen LogP contribution in [0.1, 0.15) is 16.3 Å². The van der Waals surface area contributed by atoms with Gasteiger partial charge in [0.25, 0.3) is 5.91 Å². The molecule has 0 aromatic carbocycles. The van der Waals surface area contributed by atoms with Gasteiger partial charge in [0.15, 0.2) is 5.82 Å². The van der Waals surface area contributed by atoms with E-state index in [2.05, 4.69) is 35.3 Å². The summed E-state index contributed by atoms with van der Waals surface area (Å²) in [5, 5.41) is 9.15. The van der Waals surface area contributed by atoms with Gasteiger partial charge in [-0.2, -0.15) is 4.98 Å². The number of carbonyl (C=O) groups excluding carboxylic acids is 1. The molecule has 0 aliphatic carbocycles. The largest absolute Gasteiger partial charge is 0.372 e. The first kappa shape index (κ1) is 12.0. The quantitative estimate of drug-likeness (QED) is 0.759. The summed E-state index contributed by atoms with van der Waals surface area (Å²) >= 11 is 0. The van der Waals surface area contributed by atoms with Crippen LogP contribution in [0.5, 0.6) is 0 Å². The second kappa shape index (κ2) is 5.71. The van der Waals surface area contributed by atoms with E-state index in [9.17, 15) is 4.79 Å². The van der Waals surface area contributed by atoms with Gasteiger partial charge in [-0.3, -0.25) is 4.79 Å². The summed E-state index contributed by atoms with van der Waals surface area (Å²) in [4.78, 5) is 23.5. The van der Waals surface area contributed by atoms with E-state index in [1.807, 2.05) is 0 Å². The number of rotatable bonds is 5. The molecule has 8 nitrogen and oxygen atoms in total. The molecule has 0 fully saturated rings. The molecule has 0 aliphatic rings. The molecule has 2 aromatic heterocycles. The Hall–Kier alpha value is -2.51. The van der Waals surface area contributed by atoms with Crippen LogP contribution in [0.3, 0.4) is 0 Å². The molecule has 18 heavy (non-hydrogen) atoms. The molecule has 94 valence electrons. The zero-order valence-electron chi connectivity index (χ0n) is 9.75. The molecule has 1 amide bonds. The summed E-state index contributed by atoms with van der Waals surface area (Å²) in [6.45, 7) is 0.411. The summed E-state index contributed by atoms with van der Waals surface area (Å²) in [5.41, 5.74) is 0.266. The van der Waals surface area contributed by atoms with E-state index < -0.39 is 0 Å². The van der Waals surface area contributed by atoms with E-state index in [0.29, 0.717) is 24.6 Å². The highest BCUT2D eigenvalue weighted by molar-refractivity contribution is 5.91. The van der Waals surface area contributed by atoms with E-state index in [4.69, 9.17) is 0 Å². The van der Waals surface area contributed by atoms with Gasteiger partial charge in [-0.25, -0.2) is 9.97 Å². The van der Waals surface area contributed by atoms with Gasteiger partial charge in [-0.1, -0.05) is 5.16 Å². The Bertz CT molecular complexity index is 496. The second-order valence-corrected chi connectivity index (χ2v) is 3.39. The maximum Gasteiger partial charge on any atom is 0.271 e. The third-order valence-electron chi connectivity index (χ3n) is 2.18. The average Bonchev–Trinajstić information content (AvgIpc) is 2.92. The van der Waals surface area contributed by atoms with Crippen LogP contribution in [0.15, 0.2) is 23.3 Å². The van der Waals surface area contributed by atoms with E-state index in [1.165, 1.54) is 18.8 Å². The van der Waals surface area contributed by atoms with Crippen molar-refractivity contribution in [3.8, 4) is 0 Å². The number of aromatic nitrogens is 4. The Morgan fingerprint density at radius 2 is 2.22 bits per heavy atom. The molecule has 0 atom stereocenters. The van der Waals surface area contributed by atoms with Crippen LogP contribution in [0.4, 0.5) is 5.82 Å². The minimum atomic E-state index is -0.284. The van der Waals surface area contributed by atoms with Crippen molar-refractivity contribution < 1.29 is 9.32 Å². The molecular weight excluding hydrogens is 236 g/mol. The zero-order chi connectivity index (χ0) is 12.8. The van der Waals surface area contributed by atoms with Gasteiger partial charge in [0.1, 0.15) is 11.5 Å². The lowest BCUT2D eigenvalue weighted by atomic mass is 10.3. The van der Waals surface area contributed by atoms with Gasteiger partial charge in [0, 0.05) is 20.0 Å². The summed E-state index contributed by atoms with van der Waals surface area (Å²) in [7, 11) is 1.73. The molecule has 0 saturated heterocycles. The third kappa shape index (κ3) is 3.00. The van der Waals surface area contributed by atoms with Crippen LogP contribution in [-0.4, -0.2) is 39.6 Å². The number of hydrogen-bond acceptors (Lipinski definition) is 7. The average molecular weight is 248 g/mol. The van der Waals surface area contributed by atoms with Gasteiger partial charge < -0.3 is 15.2 Å². The molecule has 8 heteroatoms. The lowest BCUT2D eigenvalue weighted by Gasteiger charge is -2.03. The van der Waals surface area contributed by atoms with E-state index in [0.717, 1.165) is 0 Å². The Labute approximate surface area is 103 Å². The lowest BCUT2D eigenvalue weighted by Crippen LogP contribution is -2.26. The summed E-state index contributed by atoms with van der Waals surface area (Å²) < 4.78 is 4.58. The van der Waals surface area contributed by atoms with Crippen LogP contribution >= 0.6 is 0 Å². The molecule has 2 aromatic rings. The molecule has 0 aliphatic heterocycles. The maximum atomic E-state index is 11.7. The smallest absolute Gasteiger partial charge is 0.271 e. The predicted octanol–water partition coefficient (Wildman–Crippen LogP) is -0.126. The fourth-order valence-electron chi connectivity index (χ4n) is 1.26. The van der Waals surface area contributed by atoms with E-state index >= 15 is 0 Å². The standard InChI is InChI=1S/C10H12N6O2/c1-11-9-5-13-7(4-14-9)10(17)12-3-2-8-15-6-18-16-8/h4-6H,2-3H2,1H3,(H,11,14)(H,12,17). The topological polar surface area (TPSA) is 106 Å². The molecule has 2 heterocycles. The number of anilines is 1. The van der Waals surface area contributed by atoms with Crippen LogP contribution in [0.2, 0.25) is 0 Å². The highest BCUT2D eigenvalue weighted by Crippen LogP contribution is 1.99. The zero-order valence-corrected chi connectivity index (χ0v) is 9.75. The van der Waals surface area contributed by atoms with Crippen LogP contribution < -0.4 is 10.6 Å². The van der Waals surface area contributed by atoms with Crippen molar-refractivity contribution >= 4 is 11.7 Å². The Kier molecular flexibility index (Phi) is 3.79. The molecule has 0 saturated carbocycles. The van der Waals surface area contributed by atoms with Gasteiger partial charge >= 0.3 is 0 Å². The normalized spacial score (nSPS) is 10.1. The Morgan fingerprint density at radius 1 is 1.33 bits per heavy atom. The minimum absolute atomic E-state index is 0.266. The maximum absolute atomic E-state index is 11.7. The number of carbonyl (C=O) groups is 1. The van der Waals surface area contributed by atoms with Gasteiger partial charge in [0.05, 0.1) is 12.4 Å².